The number of methoxy groups -OCH3 is 1. The van der Waals surface area contributed by atoms with Crippen molar-refractivity contribution in [1.82, 2.24) is 14.8 Å². The van der Waals surface area contributed by atoms with E-state index in [0.29, 0.717) is 0 Å². The van der Waals surface area contributed by atoms with Crippen LogP contribution in [0, 0.1) is 6.92 Å². The Hall–Kier alpha value is -2.27. The molecule has 1 heterocycles. The maximum atomic E-state index is 5.26. The van der Waals surface area contributed by atoms with E-state index in [1.54, 1.807) is 18.9 Å². The van der Waals surface area contributed by atoms with E-state index in [9.17, 15) is 0 Å². The average Bonchev–Trinajstić information content (AvgIpc) is 2.94. The number of ether oxygens (including phenoxy) is 1. The molecule has 0 saturated carbocycles. The van der Waals surface area contributed by atoms with Gasteiger partial charge in [0, 0.05) is 18.4 Å². The highest BCUT2D eigenvalue weighted by atomic mass is 32.2. The fraction of sp³-hybridized carbons (Fsp3) is 0.222. The third-order valence-corrected chi connectivity index (χ3v) is 4.81. The van der Waals surface area contributed by atoms with Crippen LogP contribution in [0.25, 0.3) is 11.4 Å². The Morgan fingerprint density at radius 1 is 1.09 bits per heavy atom. The van der Waals surface area contributed by atoms with Gasteiger partial charge in [-0.1, -0.05) is 48.2 Å². The standard InChI is InChI=1S/C18H19N3OS/c1-13-7-4-5-10-16(13)17-19-20-18(21(17)2)23-12-14-8-6-9-15(11-14)22-3/h4-11H,12H2,1-3H3. The second kappa shape index (κ2) is 6.87. The second-order valence-corrected chi connectivity index (χ2v) is 6.26. The number of thioether (sulfide) groups is 1. The number of nitrogens with zero attached hydrogens (tertiary/aromatic N) is 3. The van der Waals surface area contributed by atoms with Crippen LogP contribution in [0.15, 0.2) is 53.7 Å². The number of hydrogen-bond donors (Lipinski definition) is 0. The molecule has 0 unspecified atom stereocenters. The Balaban J connectivity index is 1.78. The lowest BCUT2D eigenvalue weighted by Crippen LogP contribution is -1.96. The van der Waals surface area contributed by atoms with Gasteiger partial charge < -0.3 is 9.30 Å². The predicted molar refractivity (Wildman–Crippen MR) is 93.7 cm³/mol. The molecule has 118 valence electrons. The van der Waals surface area contributed by atoms with Gasteiger partial charge in [0.25, 0.3) is 0 Å². The third-order valence-electron chi connectivity index (χ3n) is 3.72. The number of benzene rings is 2. The van der Waals surface area contributed by atoms with Gasteiger partial charge in [-0.25, -0.2) is 0 Å². The zero-order valence-corrected chi connectivity index (χ0v) is 14.3. The Morgan fingerprint density at radius 2 is 1.91 bits per heavy atom. The molecule has 23 heavy (non-hydrogen) atoms. The first-order chi connectivity index (χ1) is 11.2. The Kier molecular flexibility index (Phi) is 4.67. The maximum Gasteiger partial charge on any atom is 0.191 e. The summed E-state index contributed by atoms with van der Waals surface area (Å²) in [6, 6.07) is 16.3. The minimum Gasteiger partial charge on any atom is -0.497 e. The Labute approximate surface area is 140 Å². The summed E-state index contributed by atoms with van der Waals surface area (Å²) in [6.07, 6.45) is 0. The number of hydrogen-bond acceptors (Lipinski definition) is 4. The van der Waals surface area contributed by atoms with Crippen LogP contribution in [0.4, 0.5) is 0 Å². The predicted octanol–water partition coefficient (Wildman–Crippen LogP) is 4.09. The highest BCUT2D eigenvalue weighted by molar-refractivity contribution is 7.98. The lowest BCUT2D eigenvalue weighted by atomic mass is 10.1. The van der Waals surface area contributed by atoms with Crippen molar-refractivity contribution in [2.75, 3.05) is 7.11 Å². The van der Waals surface area contributed by atoms with Crippen LogP contribution >= 0.6 is 11.8 Å². The number of aromatic nitrogens is 3. The summed E-state index contributed by atoms with van der Waals surface area (Å²) < 4.78 is 7.31. The lowest BCUT2D eigenvalue weighted by molar-refractivity contribution is 0.414. The van der Waals surface area contributed by atoms with E-state index in [1.165, 1.54) is 11.1 Å². The average molecular weight is 325 g/mol. The van der Waals surface area contributed by atoms with E-state index in [-0.39, 0.29) is 0 Å². The molecular weight excluding hydrogens is 306 g/mol. The van der Waals surface area contributed by atoms with Crippen molar-refractivity contribution in [2.45, 2.75) is 17.8 Å². The molecule has 0 amide bonds. The van der Waals surface area contributed by atoms with Gasteiger partial charge in [-0.05, 0) is 30.2 Å². The van der Waals surface area contributed by atoms with Crippen molar-refractivity contribution in [3.05, 3.63) is 59.7 Å². The van der Waals surface area contributed by atoms with E-state index in [2.05, 4.69) is 35.3 Å². The van der Waals surface area contributed by atoms with E-state index in [0.717, 1.165) is 28.0 Å². The molecule has 3 aromatic rings. The van der Waals surface area contributed by atoms with Gasteiger partial charge in [0.05, 0.1) is 7.11 Å². The molecule has 3 rings (SSSR count). The van der Waals surface area contributed by atoms with Crippen molar-refractivity contribution in [3.8, 4) is 17.1 Å². The van der Waals surface area contributed by atoms with Crippen LogP contribution in [-0.2, 0) is 12.8 Å². The van der Waals surface area contributed by atoms with Crippen LogP contribution < -0.4 is 4.74 Å². The molecular formula is C18H19N3OS. The topological polar surface area (TPSA) is 39.9 Å². The van der Waals surface area contributed by atoms with Crippen LogP contribution in [0.5, 0.6) is 5.75 Å². The third kappa shape index (κ3) is 3.40. The van der Waals surface area contributed by atoms with Crippen molar-refractivity contribution in [2.24, 2.45) is 7.05 Å². The SMILES string of the molecule is COc1cccc(CSc2nnc(-c3ccccc3C)n2C)c1. The summed E-state index contributed by atoms with van der Waals surface area (Å²) in [4.78, 5) is 0. The van der Waals surface area contributed by atoms with E-state index < -0.39 is 0 Å². The zero-order valence-electron chi connectivity index (χ0n) is 13.5. The molecule has 0 N–H and O–H groups in total. The van der Waals surface area contributed by atoms with Gasteiger partial charge in [-0.3, -0.25) is 0 Å². The molecule has 0 spiro atoms. The molecule has 0 fully saturated rings. The molecule has 4 nitrogen and oxygen atoms in total. The zero-order chi connectivity index (χ0) is 16.2. The summed E-state index contributed by atoms with van der Waals surface area (Å²) in [6.45, 7) is 2.09. The van der Waals surface area contributed by atoms with E-state index >= 15 is 0 Å². The van der Waals surface area contributed by atoms with Crippen LogP contribution in [0.2, 0.25) is 0 Å². The molecule has 0 saturated heterocycles. The molecule has 0 aliphatic carbocycles. The summed E-state index contributed by atoms with van der Waals surface area (Å²) in [7, 11) is 3.69. The first-order valence-electron chi connectivity index (χ1n) is 7.40. The highest BCUT2D eigenvalue weighted by Gasteiger charge is 2.12. The fourth-order valence-corrected chi connectivity index (χ4v) is 3.26. The van der Waals surface area contributed by atoms with Crippen LogP contribution in [0.1, 0.15) is 11.1 Å². The van der Waals surface area contributed by atoms with E-state index in [4.69, 9.17) is 4.74 Å². The highest BCUT2D eigenvalue weighted by Crippen LogP contribution is 2.27. The van der Waals surface area contributed by atoms with Crippen LogP contribution in [0.3, 0.4) is 0 Å². The first-order valence-corrected chi connectivity index (χ1v) is 8.38. The van der Waals surface area contributed by atoms with Crippen molar-refractivity contribution < 1.29 is 4.74 Å². The molecule has 0 atom stereocenters. The minimum absolute atomic E-state index is 0.830. The summed E-state index contributed by atoms with van der Waals surface area (Å²) in [5, 5.41) is 9.60. The van der Waals surface area contributed by atoms with Gasteiger partial charge in [0.1, 0.15) is 5.75 Å². The number of aryl methyl sites for hydroxylation is 1. The normalized spacial score (nSPS) is 10.7. The van der Waals surface area contributed by atoms with Gasteiger partial charge in [-0.15, -0.1) is 10.2 Å². The van der Waals surface area contributed by atoms with Gasteiger partial charge in [-0.2, -0.15) is 0 Å². The van der Waals surface area contributed by atoms with Gasteiger partial charge >= 0.3 is 0 Å². The summed E-state index contributed by atoms with van der Waals surface area (Å²) in [5.74, 6) is 2.61. The van der Waals surface area contributed by atoms with Crippen molar-refractivity contribution in [3.63, 3.8) is 0 Å². The second-order valence-electron chi connectivity index (χ2n) is 5.32. The minimum atomic E-state index is 0.830. The monoisotopic (exact) mass is 325 g/mol. The van der Waals surface area contributed by atoms with E-state index in [1.807, 2.05) is 41.9 Å². The van der Waals surface area contributed by atoms with Crippen molar-refractivity contribution in [1.29, 1.82) is 0 Å². The first kappa shape index (κ1) is 15.6. The van der Waals surface area contributed by atoms with Gasteiger partial charge in [0.15, 0.2) is 11.0 Å². The Bertz CT molecular complexity index is 814. The molecule has 2 aromatic carbocycles. The fourth-order valence-electron chi connectivity index (χ4n) is 2.41. The molecule has 0 aliphatic heterocycles. The summed E-state index contributed by atoms with van der Waals surface area (Å²) >= 11 is 1.67. The molecule has 5 heteroatoms. The summed E-state index contributed by atoms with van der Waals surface area (Å²) in [5.41, 5.74) is 3.53. The van der Waals surface area contributed by atoms with Crippen molar-refractivity contribution >= 4 is 11.8 Å². The lowest BCUT2D eigenvalue weighted by Gasteiger charge is -2.07. The van der Waals surface area contributed by atoms with Crippen LogP contribution in [-0.4, -0.2) is 21.9 Å². The van der Waals surface area contributed by atoms with Gasteiger partial charge in [0.2, 0.25) is 0 Å². The smallest absolute Gasteiger partial charge is 0.191 e. The molecule has 0 aliphatic rings. The maximum absolute atomic E-state index is 5.26. The molecule has 0 bridgehead atoms. The quantitative estimate of drug-likeness (QED) is 0.662. The largest absolute Gasteiger partial charge is 0.497 e. The Morgan fingerprint density at radius 3 is 2.70 bits per heavy atom. The molecule has 1 aromatic heterocycles. The molecule has 0 radical (unpaired) electrons. The number of rotatable bonds is 5.